The number of nitrogens with zero attached hydrogens (tertiary/aromatic N) is 4. The zero-order chi connectivity index (χ0) is 46.3. The zero-order valence-corrected chi connectivity index (χ0v) is 39.1. The van der Waals surface area contributed by atoms with E-state index in [1.54, 1.807) is 29.3 Å². The Hall–Kier alpha value is -5.90. The van der Waals surface area contributed by atoms with Gasteiger partial charge in [0.2, 0.25) is 11.8 Å². The van der Waals surface area contributed by atoms with E-state index in [9.17, 15) is 19.2 Å². The molecule has 6 atom stereocenters. The summed E-state index contributed by atoms with van der Waals surface area (Å²) in [6.45, 7) is 12.0. The van der Waals surface area contributed by atoms with Gasteiger partial charge in [-0.15, -0.1) is 0 Å². The fourth-order valence-corrected chi connectivity index (χ4v) is 13.9. The van der Waals surface area contributed by atoms with Crippen molar-refractivity contribution in [2.45, 2.75) is 109 Å². The second-order valence-electron chi connectivity index (χ2n) is 19.9. The van der Waals surface area contributed by atoms with E-state index in [0.717, 1.165) is 47.8 Å². The summed E-state index contributed by atoms with van der Waals surface area (Å²) >= 11 is 0. The molecule has 4 amide bonds. The molecule has 1 saturated carbocycles. The number of carbonyl (C=O) groups excluding carboxylic acids is 4. The van der Waals surface area contributed by atoms with Gasteiger partial charge < -0.3 is 34.9 Å². The summed E-state index contributed by atoms with van der Waals surface area (Å²) in [5.41, 5.74) is 6.10. The van der Waals surface area contributed by atoms with Crippen molar-refractivity contribution in [1.82, 2.24) is 30.4 Å². The molecular formula is C49H57F2N7O6Si. The second-order valence-corrected chi connectivity index (χ2v) is 24.9. The van der Waals surface area contributed by atoms with Crippen molar-refractivity contribution in [2.24, 2.45) is 22.7 Å². The van der Waals surface area contributed by atoms with Crippen LogP contribution in [0, 0.1) is 17.8 Å². The van der Waals surface area contributed by atoms with Crippen LogP contribution in [-0.4, -0.2) is 102 Å². The first kappa shape index (κ1) is 44.3. The molecule has 3 N–H and O–H groups in total. The van der Waals surface area contributed by atoms with Crippen molar-refractivity contribution in [3.8, 4) is 33.5 Å². The Labute approximate surface area is 378 Å². The number of benzene rings is 3. The number of amides is 4. The number of likely N-dealkylation sites (tertiary alicyclic amines) is 1. The first-order valence-electron chi connectivity index (χ1n) is 22.6. The Balaban J connectivity index is 0.934. The van der Waals surface area contributed by atoms with E-state index < -0.39 is 38.3 Å². The molecule has 0 radical (unpaired) electrons. The fourth-order valence-electron chi connectivity index (χ4n) is 11.0. The van der Waals surface area contributed by atoms with E-state index in [0.29, 0.717) is 46.4 Å². The summed E-state index contributed by atoms with van der Waals surface area (Å²) in [5.74, 6) is -3.07. The number of methoxy groups -OCH3 is 2. The number of hydrogen-bond donors (Lipinski definition) is 3. The number of hydrogen-bond acceptors (Lipinski definition) is 8. The van der Waals surface area contributed by atoms with Crippen LogP contribution in [-0.2, 0) is 31.4 Å². The normalized spacial score (nSPS) is 22.9. The van der Waals surface area contributed by atoms with Gasteiger partial charge in [-0.2, -0.15) is 8.78 Å². The molecule has 65 heavy (non-hydrogen) atoms. The van der Waals surface area contributed by atoms with Gasteiger partial charge in [0.05, 0.1) is 52.0 Å². The maximum Gasteiger partial charge on any atom is 0.407 e. The molecule has 1 aromatic heterocycles. The van der Waals surface area contributed by atoms with Crippen molar-refractivity contribution in [1.29, 1.82) is 0 Å². The van der Waals surface area contributed by atoms with Gasteiger partial charge in [0.15, 0.2) is 0 Å². The Kier molecular flexibility index (Phi) is 11.3. The Bertz CT molecular complexity index is 2630. The highest BCUT2D eigenvalue weighted by Gasteiger charge is 2.52. The summed E-state index contributed by atoms with van der Waals surface area (Å²) in [4.78, 5) is 69.3. The number of nitrogens with one attached hydrogen (secondary N) is 3. The van der Waals surface area contributed by atoms with Gasteiger partial charge in [0.25, 0.3) is 5.92 Å². The fraction of sp³-hybridized carbons (Fsp3) is 0.469. The van der Waals surface area contributed by atoms with Crippen molar-refractivity contribution in [2.75, 3.05) is 20.4 Å². The van der Waals surface area contributed by atoms with Crippen LogP contribution >= 0.6 is 0 Å². The molecule has 3 aromatic carbocycles. The quantitative estimate of drug-likeness (QED) is 0.134. The largest absolute Gasteiger partial charge is 0.453 e. The minimum atomic E-state index is -3.27. The molecule has 2 bridgehead atoms. The van der Waals surface area contributed by atoms with Crippen LogP contribution in [0.4, 0.5) is 24.1 Å². The maximum absolute atomic E-state index is 16.7. The third-order valence-electron chi connectivity index (χ3n) is 14.2. The smallest absolute Gasteiger partial charge is 0.407 e. The Morgan fingerprint density at radius 3 is 2.08 bits per heavy atom. The van der Waals surface area contributed by atoms with Crippen LogP contribution in [0.5, 0.6) is 0 Å². The number of aliphatic imine (C=N–C) groups is 1. The van der Waals surface area contributed by atoms with Gasteiger partial charge in [-0.1, -0.05) is 71.1 Å². The lowest BCUT2D eigenvalue weighted by molar-refractivity contribution is -0.137. The molecule has 13 nitrogen and oxygen atoms in total. The van der Waals surface area contributed by atoms with Gasteiger partial charge in [-0.25, -0.2) is 14.6 Å². The standard InChI is InChI=1S/C49H57F2N7O6Si/c1-25(2)41(55-47(61)63-5)45(59)57-24-65(7,8)23-40(57)44-52-22-39(54-44)29-11-15-34-33-14-10-28(19-35(33)49(50,51)36(34)20-29)27-12-16-37-31(17-27)21-38(53-37)43-30-9-13-32(18-30)58(43)46(60)42(26(3)4)56-48(62)64-6/h10-12,14-17,19-20,22,25-26,30,32,40-43H,9,13,18,21,23-24H2,1-8H3,(H,52,54)(H,55,61)(H,56,62)/t30-,32+,40-,41-,42+,43-/m0/s1. The van der Waals surface area contributed by atoms with E-state index in [1.807, 2.05) is 62.9 Å². The predicted octanol–water partition coefficient (Wildman–Crippen LogP) is 8.76. The summed E-state index contributed by atoms with van der Waals surface area (Å²) in [6.07, 6.45) is 4.28. The van der Waals surface area contributed by atoms with Gasteiger partial charge in [-0.3, -0.25) is 14.6 Å². The van der Waals surface area contributed by atoms with E-state index in [4.69, 9.17) is 19.5 Å². The Morgan fingerprint density at radius 2 is 1.43 bits per heavy atom. The second kappa shape index (κ2) is 16.5. The predicted molar refractivity (Wildman–Crippen MR) is 246 cm³/mol. The van der Waals surface area contributed by atoms with Crippen molar-refractivity contribution in [3.05, 3.63) is 83.3 Å². The molecule has 0 unspecified atom stereocenters. The number of rotatable bonds is 10. The number of aromatic nitrogens is 2. The molecule has 5 aliphatic rings. The molecule has 9 rings (SSSR count). The Morgan fingerprint density at radius 1 is 0.831 bits per heavy atom. The third kappa shape index (κ3) is 7.80. The molecule has 4 aromatic rings. The van der Waals surface area contributed by atoms with E-state index >= 15 is 8.78 Å². The number of fused-ring (bicyclic) bond motifs is 6. The number of H-pyrrole nitrogens is 1. The van der Waals surface area contributed by atoms with Crippen molar-refractivity contribution in [3.63, 3.8) is 0 Å². The molecule has 4 heterocycles. The van der Waals surface area contributed by atoms with E-state index in [1.165, 1.54) is 20.3 Å². The molecule has 3 aliphatic heterocycles. The van der Waals surface area contributed by atoms with Gasteiger partial charge in [0.1, 0.15) is 17.9 Å². The average Bonchev–Trinajstić information content (AvgIpc) is 4.15. The van der Waals surface area contributed by atoms with Crippen LogP contribution in [0.2, 0.25) is 19.1 Å². The summed E-state index contributed by atoms with van der Waals surface area (Å²) in [5, 5.41) is 5.45. The topological polar surface area (TPSA) is 158 Å². The van der Waals surface area contributed by atoms with Crippen LogP contribution in [0.25, 0.3) is 33.5 Å². The lowest BCUT2D eigenvalue weighted by Crippen LogP contribution is -2.57. The van der Waals surface area contributed by atoms with Crippen LogP contribution in [0.15, 0.2) is 65.8 Å². The highest BCUT2D eigenvalue weighted by molar-refractivity contribution is 6.78. The molecule has 0 spiro atoms. The third-order valence-corrected chi connectivity index (χ3v) is 16.9. The average molecular weight is 906 g/mol. The maximum atomic E-state index is 16.7. The van der Waals surface area contributed by atoms with E-state index in [2.05, 4.69) is 28.7 Å². The number of alkyl carbamates (subject to hydrolysis) is 2. The minimum Gasteiger partial charge on any atom is -0.453 e. The minimum absolute atomic E-state index is 0.0612. The van der Waals surface area contributed by atoms with Crippen molar-refractivity contribution < 1.29 is 37.4 Å². The van der Waals surface area contributed by atoms with Crippen LogP contribution in [0.1, 0.15) is 75.5 Å². The van der Waals surface area contributed by atoms with Crippen LogP contribution in [0.3, 0.4) is 0 Å². The summed E-state index contributed by atoms with van der Waals surface area (Å²) < 4.78 is 43.0. The molecule has 3 fully saturated rings. The molecular weight excluding hydrogens is 849 g/mol. The number of aromatic amines is 1. The van der Waals surface area contributed by atoms with Gasteiger partial charge in [-0.05, 0) is 95.1 Å². The van der Waals surface area contributed by atoms with Gasteiger partial charge >= 0.3 is 12.2 Å². The highest BCUT2D eigenvalue weighted by atomic mass is 28.3. The number of carbonyl (C=O) groups is 4. The highest BCUT2D eigenvalue weighted by Crippen LogP contribution is 2.53. The number of imidazole rings is 1. The number of alkyl halides is 2. The molecule has 2 saturated heterocycles. The summed E-state index contributed by atoms with van der Waals surface area (Å²) in [7, 11) is 0.676. The van der Waals surface area contributed by atoms with Crippen molar-refractivity contribution >= 4 is 43.5 Å². The zero-order valence-electron chi connectivity index (χ0n) is 38.1. The number of piperidine rings is 1. The SMILES string of the molecule is COC(=O)N[C@H](C(=O)N1C[Si](C)(C)C[C@H]1c1ncc(-c2ccc3c(c2)C(F)(F)c2cc(-c4ccc5c(c4)CC([C@@H]4[C@H]6CC[C@H](C6)N4C(=O)[C@H](NC(=O)OC)C(C)C)=N5)ccc2-3)[nH]1)C(C)C. The number of halogens is 2. The van der Waals surface area contributed by atoms with Crippen LogP contribution < -0.4 is 10.6 Å². The van der Waals surface area contributed by atoms with E-state index in [-0.39, 0.29) is 58.8 Å². The first-order chi connectivity index (χ1) is 30.9. The summed E-state index contributed by atoms with van der Waals surface area (Å²) in [6, 6.07) is 15.0. The molecule has 2 aliphatic carbocycles. The van der Waals surface area contributed by atoms with Gasteiger partial charge in [0, 0.05) is 41.0 Å². The number of ether oxygens (including phenoxy) is 2. The monoisotopic (exact) mass is 905 g/mol. The lowest BCUT2D eigenvalue weighted by Gasteiger charge is -2.38. The lowest BCUT2D eigenvalue weighted by atomic mass is 9.90. The molecule has 16 heteroatoms. The molecule has 342 valence electrons. The first-order valence-corrected chi connectivity index (χ1v) is 26.1.